The molecule has 66 heavy (non-hydrogen) atoms. The topological polar surface area (TPSA) is 93.4 Å². The van der Waals surface area contributed by atoms with Crippen molar-refractivity contribution in [1.29, 1.82) is 0 Å². The molecule has 4 heterocycles. The molecule has 0 amide bonds. The monoisotopic (exact) mass is 881 g/mol. The van der Waals surface area contributed by atoms with Crippen LogP contribution in [0.4, 0.5) is 0 Å². The van der Waals surface area contributed by atoms with Crippen LogP contribution in [0.1, 0.15) is 103 Å². The molecule has 0 aliphatic rings. The average molecular weight is 882 g/mol. The highest BCUT2D eigenvalue weighted by Gasteiger charge is 2.24. The average Bonchev–Trinajstić information content (AvgIpc) is 3.58. The van der Waals surface area contributed by atoms with Gasteiger partial charge < -0.3 is 18.9 Å². The van der Waals surface area contributed by atoms with Crippen LogP contribution in [0, 0.1) is 23.7 Å². The van der Waals surface area contributed by atoms with Crippen LogP contribution in [0.25, 0.3) is 27.8 Å². The highest BCUT2D eigenvalue weighted by Crippen LogP contribution is 2.44. The maximum Gasteiger partial charge on any atom is 0.234 e. The van der Waals surface area contributed by atoms with Crippen molar-refractivity contribution in [3.63, 3.8) is 0 Å². The van der Waals surface area contributed by atoms with Crippen molar-refractivity contribution >= 4 is 21.8 Å². The van der Waals surface area contributed by atoms with E-state index in [0.29, 0.717) is 52.9 Å². The van der Waals surface area contributed by atoms with Gasteiger partial charge in [0.1, 0.15) is 34.5 Å². The van der Waals surface area contributed by atoms with E-state index in [9.17, 15) is 0 Å². The Balaban J connectivity index is 1.34. The van der Waals surface area contributed by atoms with Gasteiger partial charge in [0.2, 0.25) is 17.7 Å². The highest BCUT2D eigenvalue weighted by atomic mass is 16.5. The van der Waals surface area contributed by atoms with E-state index in [1.54, 1.807) is 12.4 Å². The van der Waals surface area contributed by atoms with Gasteiger partial charge in [0.25, 0.3) is 0 Å². The number of ether oxygens (including phenoxy) is 4. The number of nitrogens with zero attached hydrogens (tertiary/aromatic N) is 5. The largest absolute Gasteiger partial charge is 0.457 e. The zero-order chi connectivity index (χ0) is 46.5. The Morgan fingerprint density at radius 1 is 0.439 bits per heavy atom. The third-order valence-corrected chi connectivity index (χ3v) is 11.4. The molecule has 340 valence electrons. The van der Waals surface area contributed by atoms with Crippen molar-refractivity contribution in [2.45, 2.75) is 101 Å². The molecule has 0 aliphatic heterocycles. The molecule has 0 unspecified atom stereocenters. The van der Waals surface area contributed by atoms with Crippen molar-refractivity contribution in [3.05, 3.63) is 150 Å². The van der Waals surface area contributed by atoms with Crippen LogP contribution in [0.2, 0.25) is 0 Å². The number of aromatic nitrogens is 5. The van der Waals surface area contributed by atoms with Crippen molar-refractivity contribution < 1.29 is 18.9 Å². The second-order valence-electron chi connectivity index (χ2n) is 19.4. The molecule has 0 N–H and O–H groups in total. The van der Waals surface area contributed by atoms with Crippen LogP contribution >= 0.6 is 0 Å². The Hall–Kier alpha value is -6.74. The Labute approximate surface area is 390 Å². The molecular weight excluding hydrogens is 819 g/mol. The molecule has 8 aromatic rings. The Morgan fingerprint density at radius 3 is 1.47 bits per heavy atom. The summed E-state index contributed by atoms with van der Waals surface area (Å²) in [4.78, 5) is 18.9. The lowest BCUT2D eigenvalue weighted by molar-refractivity contribution is 0.440. The van der Waals surface area contributed by atoms with Crippen LogP contribution in [-0.2, 0) is 25.7 Å². The molecule has 0 saturated carbocycles. The first-order chi connectivity index (χ1) is 31.8. The smallest absolute Gasteiger partial charge is 0.234 e. The maximum absolute atomic E-state index is 7.17. The fourth-order valence-corrected chi connectivity index (χ4v) is 8.49. The lowest BCUT2D eigenvalue weighted by atomic mass is 9.95. The fourth-order valence-electron chi connectivity index (χ4n) is 8.49. The molecule has 9 heteroatoms. The van der Waals surface area contributed by atoms with Gasteiger partial charge in [0.15, 0.2) is 0 Å². The van der Waals surface area contributed by atoms with E-state index in [-0.39, 0.29) is 5.92 Å². The van der Waals surface area contributed by atoms with E-state index in [4.69, 9.17) is 28.9 Å². The van der Waals surface area contributed by atoms with Crippen LogP contribution in [0.15, 0.2) is 122 Å². The summed E-state index contributed by atoms with van der Waals surface area (Å²) in [6.45, 7) is 22.3. The summed E-state index contributed by atoms with van der Waals surface area (Å²) in [7, 11) is 0. The fraction of sp³-hybridized carbons (Fsp3) is 0.333. The lowest BCUT2D eigenvalue weighted by Gasteiger charge is -2.18. The number of hydrogen-bond acceptors (Lipinski definition) is 8. The quantitative estimate of drug-likeness (QED) is 0.0841. The van der Waals surface area contributed by atoms with Crippen molar-refractivity contribution in [3.8, 4) is 52.2 Å². The SMILES string of the molecule is CC(C)Cc1ccc(Oc2ccccn2)cc1Oc1cc(CC(C)C)c2c3cc(CC(C)C)c(Oc4cc(Oc5ccccn5)ccc4CC(C)C)cc3n(-c3ncc(C(C)C)cn3)c2c1. The van der Waals surface area contributed by atoms with Crippen LogP contribution in [-0.4, -0.2) is 24.5 Å². The zero-order valence-electron chi connectivity index (χ0n) is 40.1. The second-order valence-corrected chi connectivity index (χ2v) is 19.4. The minimum Gasteiger partial charge on any atom is -0.457 e. The second kappa shape index (κ2) is 20.2. The number of benzene rings is 4. The van der Waals surface area contributed by atoms with Gasteiger partial charge in [-0.2, -0.15) is 0 Å². The third kappa shape index (κ3) is 10.8. The summed E-state index contributed by atoms with van der Waals surface area (Å²) in [6.07, 6.45) is 10.7. The molecule has 0 atom stereocenters. The maximum atomic E-state index is 7.17. The summed E-state index contributed by atoms with van der Waals surface area (Å²) in [5.41, 5.74) is 7.50. The van der Waals surface area contributed by atoms with Crippen molar-refractivity contribution in [1.82, 2.24) is 24.5 Å². The first-order valence-corrected chi connectivity index (χ1v) is 23.5. The summed E-state index contributed by atoms with van der Waals surface area (Å²) in [5.74, 6) is 7.78. The van der Waals surface area contributed by atoms with Crippen molar-refractivity contribution in [2.24, 2.45) is 23.7 Å². The molecule has 4 aromatic heterocycles. The zero-order valence-corrected chi connectivity index (χ0v) is 40.1. The molecule has 0 radical (unpaired) electrons. The van der Waals surface area contributed by atoms with Crippen LogP contribution < -0.4 is 18.9 Å². The van der Waals surface area contributed by atoms with Crippen LogP contribution in [0.5, 0.6) is 46.3 Å². The molecular formula is C57H63N5O4. The molecule has 0 aliphatic carbocycles. The number of rotatable bonds is 18. The van der Waals surface area contributed by atoms with E-state index in [0.717, 1.165) is 92.7 Å². The summed E-state index contributed by atoms with van der Waals surface area (Å²) < 4.78 is 28.9. The molecule has 8 rings (SSSR count). The summed E-state index contributed by atoms with van der Waals surface area (Å²) in [6, 6.07) is 32.4. The van der Waals surface area contributed by atoms with Gasteiger partial charge in [-0.15, -0.1) is 0 Å². The van der Waals surface area contributed by atoms with Crippen LogP contribution in [0.3, 0.4) is 0 Å². The molecule has 0 fully saturated rings. The van der Waals surface area contributed by atoms with E-state index in [2.05, 4.69) is 120 Å². The van der Waals surface area contributed by atoms with Gasteiger partial charge in [-0.05, 0) is 119 Å². The predicted octanol–water partition coefficient (Wildman–Crippen LogP) is 15.5. The van der Waals surface area contributed by atoms with E-state index in [1.165, 1.54) is 5.56 Å². The minimum absolute atomic E-state index is 0.281. The number of pyridine rings is 2. The van der Waals surface area contributed by atoms with Gasteiger partial charge in [0.05, 0.1) is 11.0 Å². The van der Waals surface area contributed by atoms with Gasteiger partial charge >= 0.3 is 0 Å². The van der Waals surface area contributed by atoms with Gasteiger partial charge in [-0.1, -0.05) is 93.5 Å². The first-order valence-electron chi connectivity index (χ1n) is 23.5. The molecule has 0 bridgehead atoms. The number of fused-ring (bicyclic) bond motifs is 3. The van der Waals surface area contributed by atoms with E-state index >= 15 is 0 Å². The Bertz CT molecular complexity index is 2910. The van der Waals surface area contributed by atoms with E-state index < -0.39 is 0 Å². The number of hydrogen-bond donors (Lipinski definition) is 0. The Morgan fingerprint density at radius 2 is 0.955 bits per heavy atom. The molecule has 0 spiro atoms. The van der Waals surface area contributed by atoms with E-state index in [1.807, 2.05) is 73.1 Å². The lowest BCUT2D eigenvalue weighted by Crippen LogP contribution is -2.04. The standard InChI is InChI=1S/C57H63N5O4/c1-35(2)23-40-17-19-45(64-54-15-11-13-21-58-54)30-51(40)63-47-27-43(26-38(7)8)56-48-28-42(25-37(5)6)53(32-49(48)62(50(56)29-47)57-60-33-44(34-61-57)39(9)10)66-52-31-46(20-18-41(52)24-36(3)4)65-55-16-12-14-22-59-55/h11-22,27-39H,23-26H2,1-10H3. The summed E-state index contributed by atoms with van der Waals surface area (Å²) in [5, 5.41) is 2.27. The van der Waals surface area contributed by atoms with Gasteiger partial charge in [-0.25, -0.2) is 19.9 Å². The normalized spacial score (nSPS) is 11.8. The minimum atomic E-state index is 0.281. The molecule has 4 aromatic carbocycles. The summed E-state index contributed by atoms with van der Waals surface area (Å²) >= 11 is 0. The predicted molar refractivity (Wildman–Crippen MR) is 266 cm³/mol. The highest BCUT2D eigenvalue weighted by molar-refractivity contribution is 6.12. The third-order valence-electron chi connectivity index (χ3n) is 11.4. The van der Waals surface area contributed by atoms with Gasteiger partial charge in [0, 0.05) is 72.0 Å². The van der Waals surface area contributed by atoms with Gasteiger partial charge in [-0.3, -0.25) is 4.57 Å². The van der Waals surface area contributed by atoms with Crippen molar-refractivity contribution in [2.75, 3.05) is 0 Å². The molecule has 9 nitrogen and oxygen atoms in total. The first kappa shape index (κ1) is 45.8. The Kier molecular flexibility index (Phi) is 14.0. The molecule has 0 saturated heterocycles.